The van der Waals surface area contributed by atoms with Crippen LogP contribution in [0.2, 0.25) is 0 Å². The molecule has 0 aliphatic rings. The number of aromatic hydroxyl groups is 1. The van der Waals surface area contributed by atoms with Crippen molar-refractivity contribution in [3.05, 3.63) is 70.5 Å². The van der Waals surface area contributed by atoms with Crippen LogP contribution in [0.1, 0.15) is 4.88 Å². The standard InChI is InChI=1S/C23H20BrN5O2S2/c1-3-11-29-21(17-12-16(24)9-10-18(17)30)27-28-23(29)32-13-19(31)25-22-26-20(14(2)33-22)15-7-5-4-6-8-15/h3-10,12,30H,1,11,13H2,2H3,(H,25,26,31). The van der Waals surface area contributed by atoms with Crippen molar-refractivity contribution in [2.45, 2.75) is 18.6 Å². The number of carbonyl (C=O) groups excluding carboxylic acids is 1. The number of carbonyl (C=O) groups is 1. The van der Waals surface area contributed by atoms with E-state index in [4.69, 9.17) is 0 Å². The Morgan fingerprint density at radius 2 is 2.06 bits per heavy atom. The lowest BCUT2D eigenvalue weighted by atomic mass is 10.1. The van der Waals surface area contributed by atoms with Gasteiger partial charge in [-0.05, 0) is 25.1 Å². The van der Waals surface area contributed by atoms with Gasteiger partial charge in [-0.15, -0.1) is 28.1 Å². The number of thiazole rings is 1. The van der Waals surface area contributed by atoms with E-state index in [0.29, 0.717) is 28.2 Å². The summed E-state index contributed by atoms with van der Waals surface area (Å²) in [6, 6.07) is 15.0. The molecule has 0 radical (unpaired) electrons. The molecular weight excluding hydrogens is 522 g/mol. The van der Waals surface area contributed by atoms with Gasteiger partial charge < -0.3 is 10.4 Å². The number of nitrogens with one attached hydrogen (secondary N) is 1. The van der Waals surface area contributed by atoms with E-state index >= 15 is 0 Å². The summed E-state index contributed by atoms with van der Waals surface area (Å²) in [6.07, 6.45) is 1.72. The zero-order chi connectivity index (χ0) is 23.4. The molecule has 2 aromatic heterocycles. The number of aryl methyl sites for hydroxylation is 1. The first kappa shape index (κ1) is 23.2. The Labute approximate surface area is 207 Å². The molecule has 0 aliphatic heterocycles. The third kappa shape index (κ3) is 5.35. The summed E-state index contributed by atoms with van der Waals surface area (Å²) in [5, 5.41) is 22.7. The van der Waals surface area contributed by atoms with Gasteiger partial charge >= 0.3 is 0 Å². The number of phenolic OH excluding ortho intramolecular Hbond substituents is 1. The van der Waals surface area contributed by atoms with E-state index in [2.05, 4.69) is 43.0 Å². The van der Waals surface area contributed by atoms with Crippen LogP contribution in [0.15, 0.2) is 70.8 Å². The summed E-state index contributed by atoms with van der Waals surface area (Å²) in [4.78, 5) is 18.2. The molecule has 4 rings (SSSR count). The van der Waals surface area contributed by atoms with Gasteiger partial charge in [0.1, 0.15) is 5.75 Å². The van der Waals surface area contributed by atoms with E-state index in [-0.39, 0.29) is 17.4 Å². The van der Waals surface area contributed by atoms with Gasteiger partial charge in [-0.1, -0.05) is 64.1 Å². The molecule has 0 spiro atoms. The van der Waals surface area contributed by atoms with Gasteiger partial charge in [0.2, 0.25) is 5.91 Å². The minimum absolute atomic E-state index is 0.0959. The first-order valence-corrected chi connectivity index (χ1v) is 12.5. The second-order valence-corrected chi connectivity index (χ2v) is 10.1. The van der Waals surface area contributed by atoms with Crippen LogP contribution in [0.5, 0.6) is 5.75 Å². The summed E-state index contributed by atoms with van der Waals surface area (Å²) >= 11 is 6.12. The summed E-state index contributed by atoms with van der Waals surface area (Å²) in [5.74, 6) is 0.547. The first-order valence-electron chi connectivity index (χ1n) is 9.94. The van der Waals surface area contributed by atoms with Crippen molar-refractivity contribution < 1.29 is 9.90 Å². The molecular formula is C23H20BrN5O2S2. The average Bonchev–Trinajstić information content (AvgIpc) is 3.37. The van der Waals surface area contributed by atoms with Crippen molar-refractivity contribution in [1.82, 2.24) is 19.7 Å². The van der Waals surface area contributed by atoms with E-state index in [0.717, 1.165) is 20.6 Å². The average molecular weight is 542 g/mol. The van der Waals surface area contributed by atoms with Crippen molar-refractivity contribution in [2.24, 2.45) is 0 Å². The lowest BCUT2D eigenvalue weighted by Gasteiger charge is -2.09. The normalized spacial score (nSPS) is 10.8. The van der Waals surface area contributed by atoms with Gasteiger partial charge in [-0.2, -0.15) is 0 Å². The maximum atomic E-state index is 12.6. The van der Waals surface area contributed by atoms with Crippen molar-refractivity contribution in [3.8, 4) is 28.4 Å². The van der Waals surface area contributed by atoms with Crippen LogP contribution >= 0.6 is 39.0 Å². The molecule has 0 atom stereocenters. The fraction of sp³-hybridized carbons (Fsp3) is 0.130. The van der Waals surface area contributed by atoms with Gasteiger partial charge in [0, 0.05) is 21.5 Å². The summed E-state index contributed by atoms with van der Waals surface area (Å²) in [5.41, 5.74) is 2.43. The fourth-order valence-electron chi connectivity index (χ4n) is 3.17. The van der Waals surface area contributed by atoms with Gasteiger partial charge in [0.05, 0.1) is 17.0 Å². The highest BCUT2D eigenvalue weighted by atomic mass is 79.9. The Hall–Kier alpha value is -2.95. The molecule has 168 valence electrons. The van der Waals surface area contributed by atoms with Crippen LogP contribution in [0, 0.1) is 6.92 Å². The van der Waals surface area contributed by atoms with E-state index < -0.39 is 0 Å². The number of halogens is 1. The Bertz CT molecular complexity index is 1300. The minimum Gasteiger partial charge on any atom is -0.507 e. The second-order valence-electron chi connectivity index (χ2n) is 6.99. The van der Waals surface area contributed by atoms with E-state index in [1.165, 1.54) is 23.1 Å². The third-order valence-corrected chi connectivity index (χ3v) is 7.00. The predicted octanol–water partition coefficient (Wildman–Crippen LogP) is 5.76. The lowest BCUT2D eigenvalue weighted by molar-refractivity contribution is -0.113. The number of amides is 1. The Kier molecular flexibility index (Phi) is 7.26. The van der Waals surface area contributed by atoms with E-state index in [1.54, 1.807) is 24.3 Å². The molecule has 7 nitrogen and oxygen atoms in total. The fourth-order valence-corrected chi connectivity index (χ4v) is 5.14. The summed E-state index contributed by atoms with van der Waals surface area (Å²) in [7, 11) is 0. The topological polar surface area (TPSA) is 92.9 Å². The van der Waals surface area contributed by atoms with Crippen LogP contribution in [-0.4, -0.2) is 36.5 Å². The highest BCUT2D eigenvalue weighted by Crippen LogP contribution is 2.33. The molecule has 0 unspecified atom stereocenters. The number of rotatable bonds is 8. The summed E-state index contributed by atoms with van der Waals surface area (Å²) in [6.45, 7) is 6.22. The van der Waals surface area contributed by atoms with Crippen LogP contribution in [0.4, 0.5) is 5.13 Å². The number of allylic oxidation sites excluding steroid dienone is 1. The molecule has 2 aromatic carbocycles. The number of hydrogen-bond acceptors (Lipinski definition) is 7. The second kappa shape index (κ2) is 10.3. The molecule has 0 bridgehead atoms. The Morgan fingerprint density at radius 3 is 2.82 bits per heavy atom. The SMILES string of the molecule is C=CCn1c(SCC(=O)Nc2nc(-c3ccccc3)c(C)s2)nnc1-c1cc(Br)ccc1O. The van der Waals surface area contributed by atoms with Crippen molar-refractivity contribution in [2.75, 3.05) is 11.1 Å². The third-order valence-electron chi connectivity index (χ3n) is 4.65. The zero-order valence-corrected chi connectivity index (χ0v) is 20.9. The molecule has 2 heterocycles. The number of aromatic nitrogens is 4. The molecule has 0 aliphatic carbocycles. The molecule has 10 heteroatoms. The molecule has 0 fully saturated rings. The van der Waals surface area contributed by atoms with Gasteiger partial charge in [-0.25, -0.2) is 4.98 Å². The van der Waals surface area contributed by atoms with E-state index in [9.17, 15) is 9.90 Å². The Morgan fingerprint density at radius 1 is 1.27 bits per heavy atom. The first-order chi connectivity index (χ1) is 16.0. The number of anilines is 1. The quantitative estimate of drug-likeness (QED) is 0.217. The maximum Gasteiger partial charge on any atom is 0.236 e. The molecule has 0 saturated carbocycles. The number of nitrogens with zero attached hydrogens (tertiary/aromatic N) is 4. The smallest absolute Gasteiger partial charge is 0.236 e. The van der Waals surface area contributed by atoms with Crippen molar-refractivity contribution in [1.29, 1.82) is 0 Å². The highest BCUT2D eigenvalue weighted by molar-refractivity contribution is 9.10. The zero-order valence-electron chi connectivity index (χ0n) is 17.7. The maximum absolute atomic E-state index is 12.6. The molecule has 33 heavy (non-hydrogen) atoms. The number of benzene rings is 2. The molecule has 2 N–H and O–H groups in total. The van der Waals surface area contributed by atoms with Gasteiger partial charge in [0.25, 0.3) is 0 Å². The van der Waals surface area contributed by atoms with Crippen molar-refractivity contribution >= 4 is 50.1 Å². The van der Waals surface area contributed by atoms with Crippen LogP contribution in [0.25, 0.3) is 22.6 Å². The Balaban J connectivity index is 1.47. The summed E-state index contributed by atoms with van der Waals surface area (Å²) < 4.78 is 2.62. The minimum atomic E-state index is -0.187. The predicted molar refractivity (Wildman–Crippen MR) is 137 cm³/mol. The largest absolute Gasteiger partial charge is 0.507 e. The number of thioether (sulfide) groups is 1. The molecule has 0 saturated heterocycles. The van der Waals surface area contributed by atoms with E-state index in [1.807, 2.05) is 41.8 Å². The number of hydrogen-bond donors (Lipinski definition) is 2. The molecule has 1 amide bonds. The molecule has 4 aromatic rings. The van der Waals surface area contributed by atoms with Crippen LogP contribution in [0.3, 0.4) is 0 Å². The lowest BCUT2D eigenvalue weighted by Crippen LogP contribution is -2.14. The van der Waals surface area contributed by atoms with Crippen LogP contribution < -0.4 is 5.32 Å². The van der Waals surface area contributed by atoms with Gasteiger partial charge in [0.15, 0.2) is 16.1 Å². The highest BCUT2D eigenvalue weighted by Gasteiger charge is 2.18. The number of phenols is 1. The van der Waals surface area contributed by atoms with Crippen LogP contribution in [-0.2, 0) is 11.3 Å². The monoisotopic (exact) mass is 541 g/mol. The van der Waals surface area contributed by atoms with Crippen molar-refractivity contribution in [3.63, 3.8) is 0 Å². The van der Waals surface area contributed by atoms with Gasteiger partial charge in [-0.3, -0.25) is 9.36 Å².